The van der Waals surface area contributed by atoms with Crippen molar-refractivity contribution >= 4 is 55.7 Å². The SMILES string of the molecule is N/C(=N\C(=O)NC1CCN(C(=O)O[C@H](Cc2ccc(Br)c(Br)c2)C(=O)N2CCC(C3CCNCC3)CC2)CC1)c1ccccc1. The van der Waals surface area contributed by atoms with Crippen molar-refractivity contribution < 1.29 is 19.1 Å². The molecule has 0 saturated carbocycles. The highest BCUT2D eigenvalue weighted by molar-refractivity contribution is 9.13. The van der Waals surface area contributed by atoms with Gasteiger partial charge in [-0.05, 0) is 113 Å². The van der Waals surface area contributed by atoms with Crippen LogP contribution in [0.3, 0.4) is 0 Å². The smallest absolute Gasteiger partial charge is 0.410 e. The Labute approximate surface area is 281 Å². The standard InChI is InChI=1S/C33H42Br2N6O4/c34-27-7-6-22(20-28(27)35)21-29(31(42)40-16-10-24(11-17-40)23-8-14-37-15-9-23)45-33(44)41-18-12-26(13-19-41)38-32(43)39-30(36)25-4-2-1-3-5-25/h1-7,20,23-24,26,29,37H,8-19,21H2,(H3,36,38,39,43)/t29-/m1/s1. The maximum Gasteiger partial charge on any atom is 0.410 e. The second kappa shape index (κ2) is 16.0. The van der Waals surface area contributed by atoms with Crippen molar-refractivity contribution in [2.45, 2.75) is 57.1 Å². The quantitative estimate of drug-likeness (QED) is 0.268. The molecule has 3 aliphatic rings. The summed E-state index contributed by atoms with van der Waals surface area (Å²) in [7, 11) is 0. The zero-order valence-corrected chi connectivity index (χ0v) is 28.6. The zero-order valence-electron chi connectivity index (χ0n) is 25.4. The highest BCUT2D eigenvalue weighted by Gasteiger charge is 2.35. The van der Waals surface area contributed by atoms with Crippen molar-refractivity contribution in [2.75, 3.05) is 39.3 Å². The molecule has 2 aromatic rings. The predicted octanol–water partition coefficient (Wildman–Crippen LogP) is 5.08. The number of likely N-dealkylation sites (tertiary alicyclic amines) is 2. The van der Waals surface area contributed by atoms with Gasteiger partial charge in [0.15, 0.2) is 6.10 Å². The molecule has 0 aliphatic carbocycles. The number of piperidine rings is 3. The molecule has 12 heteroatoms. The maximum atomic E-state index is 13.8. The van der Waals surface area contributed by atoms with Crippen LogP contribution in [0.15, 0.2) is 62.5 Å². The fourth-order valence-corrected chi connectivity index (χ4v) is 7.24. The third-order valence-electron chi connectivity index (χ3n) is 9.20. The number of hydrogen-bond donors (Lipinski definition) is 3. The third kappa shape index (κ3) is 9.29. The van der Waals surface area contributed by atoms with E-state index >= 15 is 0 Å². The summed E-state index contributed by atoms with van der Waals surface area (Å²) in [6, 6.07) is 14.3. The van der Waals surface area contributed by atoms with Crippen LogP contribution in [0, 0.1) is 11.8 Å². The number of amidine groups is 1. The van der Waals surface area contributed by atoms with Crippen LogP contribution in [-0.2, 0) is 16.0 Å². The number of amides is 4. The van der Waals surface area contributed by atoms with Crippen molar-refractivity contribution in [2.24, 2.45) is 22.6 Å². The maximum absolute atomic E-state index is 13.8. The molecule has 0 radical (unpaired) electrons. The Morgan fingerprint density at radius 3 is 2.20 bits per heavy atom. The van der Waals surface area contributed by atoms with E-state index in [1.165, 1.54) is 12.8 Å². The topological polar surface area (TPSA) is 129 Å². The fraction of sp³-hybridized carbons (Fsp3) is 0.515. The summed E-state index contributed by atoms with van der Waals surface area (Å²) in [6.07, 6.45) is 4.33. The molecule has 0 bridgehead atoms. The second-order valence-electron chi connectivity index (χ2n) is 12.1. The molecule has 4 N–H and O–H groups in total. The average molecular weight is 747 g/mol. The molecule has 0 spiro atoms. The minimum Gasteiger partial charge on any atom is -0.436 e. The molecular weight excluding hydrogens is 704 g/mol. The molecule has 45 heavy (non-hydrogen) atoms. The average Bonchev–Trinajstić information content (AvgIpc) is 3.07. The summed E-state index contributed by atoms with van der Waals surface area (Å²) in [5.41, 5.74) is 7.56. The van der Waals surface area contributed by atoms with Crippen molar-refractivity contribution in [3.05, 3.63) is 68.6 Å². The van der Waals surface area contributed by atoms with E-state index in [0.29, 0.717) is 50.5 Å². The molecule has 4 amide bonds. The van der Waals surface area contributed by atoms with Gasteiger partial charge >= 0.3 is 12.1 Å². The monoisotopic (exact) mass is 744 g/mol. The highest BCUT2D eigenvalue weighted by Crippen LogP contribution is 2.31. The molecule has 3 aliphatic heterocycles. The summed E-state index contributed by atoms with van der Waals surface area (Å²) >= 11 is 7.05. The summed E-state index contributed by atoms with van der Waals surface area (Å²) < 4.78 is 7.76. The van der Waals surface area contributed by atoms with Crippen LogP contribution in [0.5, 0.6) is 0 Å². The van der Waals surface area contributed by atoms with Crippen molar-refractivity contribution in [1.82, 2.24) is 20.4 Å². The first-order valence-corrected chi connectivity index (χ1v) is 17.4. The van der Waals surface area contributed by atoms with Crippen LogP contribution in [0.2, 0.25) is 0 Å². The number of halogens is 2. The number of nitrogens with one attached hydrogen (secondary N) is 2. The number of hydrogen-bond acceptors (Lipinski definition) is 5. The molecule has 2 aromatic carbocycles. The number of benzene rings is 2. The number of aliphatic imine (C=N–C) groups is 1. The Morgan fingerprint density at radius 2 is 1.53 bits per heavy atom. The van der Waals surface area contributed by atoms with Crippen LogP contribution in [0.4, 0.5) is 9.59 Å². The van der Waals surface area contributed by atoms with Gasteiger partial charge in [-0.2, -0.15) is 4.99 Å². The lowest BCUT2D eigenvalue weighted by molar-refractivity contribution is -0.142. The van der Waals surface area contributed by atoms with Gasteiger partial charge < -0.3 is 30.9 Å². The number of carbonyl (C=O) groups excluding carboxylic acids is 3. The lowest BCUT2D eigenvalue weighted by Crippen LogP contribution is -2.50. The molecular formula is C33H42Br2N6O4. The molecule has 242 valence electrons. The molecule has 10 nitrogen and oxygen atoms in total. The van der Waals surface area contributed by atoms with Crippen LogP contribution in [0.1, 0.15) is 49.7 Å². The van der Waals surface area contributed by atoms with Crippen molar-refractivity contribution in [3.8, 4) is 0 Å². The van der Waals surface area contributed by atoms with Gasteiger partial charge in [0.2, 0.25) is 0 Å². The number of carbonyl (C=O) groups is 3. The fourth-order valence-electron chi connectivity index (χ4n) is 6.56. The first kappa shape index (κ1) is 33.4. The van der Waals surface area contributed by atoms with Crippen LogP contribution < -0.4 is 16.4 Å². The van der Waals surface area contributed by atoms with Crippen molar-refractivity contribution in [3.63, 3.8) is 0 Å². The molecule has 5 rings (SSSR count). The summed E-state index contributed by atoms with van der Waals surface area (Å²) in [5, 5.41) is 6.34. The molecule has 3 heterocycles. The van der Waals surface area contributed by atoms with Crippen LogP contribution >= 0.6 is 31.9 Å². The molecule has 3 saturated heterocycles. The first-order chi connectivity index (χ1) is 21.8. The largest absolute Gasteiger partial charge is 0.436 e. The lowest BCUT2D eigenvalue weighted by atomic mass is 9.79. The van der Waals surface area contributed by atoms with Gasteiger partial charge in [-0.15, -0.1) is 0 Å². The Kier molecular flexibility index (Phi) is 11.9. The van der Waals surface area contributed by atoms with Gasteiger partial charge in [0.05, 0.1) is 0 Å². The summed E-state index contributed by atoms with van der Waals surface area (Å²) in [5.74, 6) is 1.38. The van der Waals surface area contributed by atoms with E-state index in [4.69, 9.17) is 10.5 Å². The minimum atomic E-state index is -0.922. The van der Waals surface area contributed by atoms with Gasteiger partial charge in [0.1, 0.15) is 5.84 Å². The number of ether oxygens (including phenoxy) is 1. The van der Waals surface area contributed by atoms with E-state index < -0.39 is 18.2 Å². The van der Waals surface area contributed by atoms with Gasteiger partial charge in [0.25, 0.3) is 5.91 Å². The normalized spacial score (nSPS) is 19.6. The molecule has 3 fully saturated rings. The minimum absolute atomic E-state index is 0.137. The molecule has 0 aromatic heterocycles. The van der Waals surface area contributed by atoms with E-state index in [1.807, 2.05) is 41.3 Å². The number of nitrogens with zero attached hydrogens (tertiary/aromatic N) is 3. The van der Waals surface area contributed by atoms with Gasteiger partial charge in [-0.1, -0.05) is 36.4 Å². The first-order valence-electron chi connectivity index (χ1n) is 15.9. The van der Waals surface area contributed by atoms with E-state index in [2.05, 4.69) is 47.5 Å². The summed E-state index contributed by atoms with van der Waals surface area (Å²) in [4.78, 5) is 47.2. The third-order valence-corrected chi connectivity index (χ3v) is 11.1. The van der Waals surface area contributed by atoms with Gasteiger partial charge in [-0.25, -0.2) is 9.59 Å². The number of nitrogens with two attached hydrogens (primary N) is 1. The Morgan fingerprint density at radius 1 is 0.889 bits per heavy atom. The van der Waals surface area contributed by atoms with E-state index in [-0.39, 0.29) is 24.2 Å². The highest BCUT2D eigenvalue weighted by atomic mass is 79.9. The van der Waals surface area contributed by atoms with E-state index in [1.54, 1.807) is 17.0 Å². The second-order valence-corrected chi connectivity index (χ2v) is 13.9. The van der Waals surface area contributed by atoms with Crippen LogP contribution in [-0.4, -0.2) is 85.1 Å². The molecule has 1 atom stereocenters. The Hall–Kier alpha value is -2.96. The Bertz CT molecular complexity index is 1350. The number of urea groups is 1. The zero-order chi connectivity index (χ0) is 31.8. The molecule has 0 unspecified atom stereocenters. The van der Waals surface area contributed by atoms with Gasteiger partial charge in [-0.3, -0.25) is 4.79 Å². The van der Waals surface area contributed by atoms with E-state index in [0.717, 1.165) is 46.4 Å². The van der Waals surface area contributed by atoms with Crippen molar-refractivity contribution in [1.29, 1.82) is 0 Å². The van der Waals surface area contributed by atoms with Gasteiger partial charge in [0, 0.05) is 53.2 Å². The predicted molar refractivity (Wildman–Crippen MR) is 181 cm³/mol. The Balaban J connectivity index is 1.16. The van der Waals surface area contributed by atoms with Crippen LogP contribution in [0.25, 0.3) is 0 Å². The van der Waals surface area contributed by atoms with E-state index in [9.17, 15) is 14.4 Å². The summed E-state index contributed by atoms with van der Waals surface area (Å²) in [6.45, 7) is 4.32. The lowest BCUT2D eigenvalue weighted by Gasteiger charge is -2.39. The number of rotatable bonds is 7.